The molecule has 2 aromatic carbocycles. The summed E-state index contributed by atoms with van der Waals surface area (Å²) in [4.78, 5) is 0. The van der Waals surface area contributed by atoms with Crippen LogP contribution in [0.4, 0.5) is 8.78 Å². The number of ether oxygens (including phenoxy) is 2. The molecular weight excluding hydrogens is 406 g/mol. The molecule has 0 saturated heterocycles. The first kappa shape index (κ1) is 23.0. The lowest BCUT2D eigenvalue weighted by Crippen LogP contribution is -2.24. The molecular formula is C28H34F2O2. The molecule has 0 spiro atoms. The fourth-order valence-corrected chi connectivity index (χ4v) is 5.19. The van der Waals surface area contributed by atoms with Gasteiger partial charge in [0, 0.05) is 5.56 Å². The molecule has 2 nitrogen and oxygen atoms in total. The second-order valence-corrected chi connectivity index (χ2v) is 9.08. The first-order chi connectivity index (χ1) is 15.6. The fraction of sp³-hybridized carbons (Fsp3) is 0.500. The predicted molar refractivity (Wildman–Crippen MR) is 125 cm³/mol. The third-order valence-electron chi connectivity index (χ3n) is 7.03. The van der Waals surface area contributed by atoms with Gasteiger partial charge in [-0.1, -0.05) is 43.7 Å². The molecule has 0 bridgehead atoms. The van der Waals surface area contributed by atoms with Crippen molar-refractivity contribution in [1.82, 2.24) is 0 Å². The predicted octanol–water partition coefficient (Wildman–Crippen LogP) is 7.82. The maximum Gasteiger partial charge on any atom is 0.201 e. The van der Waals surface area contributed by atoms with E-state index in [2.05, 4.69) is 25.1 Å². The molecule has 1 fully saturated rings. The number of rotatable bonds is 7. The van der Waals surface area contributed by atoms with Crippen LogP contribution >= 0.6 is 0 Å². The van der Waals surface area contributed by atoms with Gasteiger partial charge in [-0.2, -0.15) is 4.39 Å². The molecule has 1 atom stereocenters. The van der Waals surface area contributed by atoms with Crippen molar-refractivity contribution in [2.75, 3.05) is 13.2 Å². The number of hydrogen-bond donors (Lipinski definition) is 0. The fourth-order valence-electron chi connectivity index (χ4n) is 5.19. The molecule has 1 aliphatic heterocycles. The van der Waals surface area contributed by atoms with Gasteiger partial charge in [0.05, 0.1) is 19.3 Å². The van der Waals surface area contributed by atoms with Crippen molar-refractivity contribution in [3.63, 3.8) is 0 Å². The minimum atomic E-state index is -0.922. The summed E-state index contributed by atoms with van der Waals surface area (Å²) < 4.78 is 40.0. The van der Waals surface area contributed by atoms with E-state index >= 15 is 0 Å². The molecule has 4 heteroatoms. The minimum Gasteiger partial charge on any atom is -0.491 e. The summed E-state index contributed by atoms with van der Waals surface area (Å²) in [6.07, 6.45) is 10.9. The van der Waals surface area contributed by atoms with E-state index in [0.717, 1.165) is 32.3 Å². The highest BCUT2D eigenvalue weighted by Gasteiger charge is 2.27. The monoisotopic (exact) mass is 440 g/mol. The summed E-state index contributed by atoms with van der Waals surface area (Å²) in [5.41, 5.74) is 3.75. The molecule has 0 amide bonds. The van der Waals surface area contributed by atoms with Gasteiger partial charge in [-0.15, -0.1) is 0 Å². The average molecular weight is 441 g/mol. The maximum absolute atomic E-state index is 14.5. The molecule has 0 N–H and O–H groups in total. The Balaban J connectivity index is 1.37. The number of halogens is 2. The lowest BCUT2D eigenvalue weighted by atomic mass is 9.75. The molecule has 172 valence electrons. The smallest absolute Gasteiger partial charge is 0.201 e. The van der Waals surface area contributed by atoms with Gasteiger partial charge in [0.25, 0.3) is 0 Å². The van der Waals surface area contributed by atoms with Gasteiger partial charge in [0.1, 0.15) is 0 Å². The van der Waals surface area contributed by atoms with E-state index in [0.29, 0.717) is 30.1 Å². The van der Waals surface area contributed by atoms with Crippen LogP contribution in [-0.4, -0.2) is 19.3 Å². The van der Waals surface area contributed by atoms with E-state index in [-0.39, 0.29) is 11.3 Å². The van der Waals surface area contributed by atoms with Gasteiger partial charge >= 0.3 is 0 Å². The molecule has 1 unspecified atom stereocenters. The second kappa shape index (κ2) is 10.6. The summed E-state index contributed by atoms with van der Waals surface area (Å²) >= 11 is 0. The van der Waals surface area contributed by atoms with Gasteiger partial charge in [-0.25, -0.2) is 4.39 Å². The molecule has 4 rings (SSSR count). The van der Waals surface area contributed by atoms with Crippen LogP contribution < -0.4 is 4.74 Å². The van der Waals surface area contributed by atoms with Crippen molar-refractivity contribution in [3.05, 3.63) is 65.2 Å². The summed E-state index contributed by atoms with van der Waals surface area (Å²) in [7, 11) is 0. The Labute approximate surface area is 190 Å². The van der Waals surface area contributed by atoms with E-state index in [1.54, 1.807) is 13.0 Å². The lowest BCUT2D eigenvalue weighted by molar-refractivity contribution is 0.0486. The summed E-state index contributed by atoms with van der Waals surface area (Å²) in [6.45, 7) is 5.07. The van der Waals surface area contributed by atoms with Crippen LogP contribution in [0.15, 0.2) is 48.0 Å². The van der Waals surface area contributed by atoms with Crippen molar-refractivity contribution in [2.45, 2.75) is 70.8 Å². The molecule has 1 heterocycles. The van der Waals surface area contributed by atoms with Gasteiger partial charge in [-0.05, 0) is 86.1 Å². The summed E-state index contributed by atoms with van der Waals surface area (Å²) in [5.74, 6) is -0.641. The Morgan fingerprint density at radius 2 is 1.62 bits per heavy atom. The van der Waals surface area contributed by atoms with Crippen LogP contribution in [0.25, 0.3) is 11.1 Å². The third kappa shape index (κ3) is 5.06. The van der Waals surface area contributed by atoms with Crippen LogP contribution in [0.5, 0.6) is 5.75 Å². The molecule has 2 aromatic rings. The van der Waals surface area contributed by atoms with Crippen molar-refractivity contribution >= 4 is 0 Å². The van der Waals surface area contributed by atoms with E-state index in [9.17, 15) is 8.78 Å². The van der Waals surface area contributed by atoms with E-state index in [4.69, 9.17) is 9.47 Å². The molecule has 1 aliphatic carbocycles. The Morgan fingerprint density at radius 3 is 2.25 bits per heavy atom. The standard InChI is InChI=1S/C28H34F2O2/c1-3-5-24-15-14-23(18-32-24)21-8-6-19(7-9-21)20-10-12-22(13-11-20)25-16-17-26(31-4-2)28(30)27(25)29/h10-14,16-17,19,21,24H,3-9,15,18H2,1-2H3. The van der Waals surface area contributed by atoms with Gasteiger partial charge in [0.15, 0.2) is 11.6 Å². The second-order valence-electron chi connectivity index (χ2n) is 9.08. The van der Waals surface area contributed by atoms with E-state index in [1.807, 2.05) is 12.1 Å². The van der Waals surface area contributed by atoms with Gasteiger partial charge in [0.2, 0.25) is 5.82 Å². The molecule has 2 aliphatic rings. The summed E-state index contributed by atoms with van der Waals surface area (Å²) in [6, 6.07) is 11.1. The zero-order valence-electron chi connectivity index (χ0n) is 19.2. The van der Waals surface area contributed by atoms with Crippen molar-refractivity contribution < 1.29 is 18.3 Å². The highest BCUT2D eigenvalue weighted by molar-refractivity contribution is 5.65. The van der Waals surface area contributed by atoms with Crippen LogP contribution in [0.3, 0.4) is 0 Å². The van der Waals surface area contributed by atoms with E-state index < -0.39 is 11.6 Å². The SMILES string of the molecule is CCCC1CC=C(C2CCC(c3ccc(-c4ccc(OCC)c(F)c4F)cc3)CC2)CO1. The quantitative estimate of drug-likeness (QED) is 0.409. The molecule has 0 aromatic heterocycles. The van der Waals surface area contributed by atoms with Crippen molar-refractivity contribution in [1.29, 1.82) is 0 Å². The molecule has 32 heavy (non-hydrogen) atoms. The highest BCUT2D eigenvalue weighted by Crippen LogP contribution is 2.40. The summed E-state index contributed by atoms with van der Waals surface area (Å²) in [5, 5.41) is 0. The lowest BCUT2D eigenvalue weighted by Gasteiger charge is -2.33. The number of hydrogen-bond acceptors (Lipinski definition) is 2. The topological polar surface area (TPSA) is 18.5 Å². The highest BCUT2D eigenvalue weighted by atomic mass is 19.2. The maximum atomic E-state index is 14.5. The Hall–Kier alpha value is -2.20. The van der Waals surface area contributed by atoms with Crippen molar-refractivity contribution in [2.24, 2.45) is 5.92 Å². The van der Waals surface area contributed by atoms with Crippen LogP contribution in [0, 0.1) is 17.6 Å². The molecule has 0 radical (unpaired) electrons. The zero-order valence-corrected chi connectivity index (χ0v) is 19.2. The third-order valence-corrected chi connectivity index (χ3v) is 7.03. The Bertz CT molecular complexity index is 927. The van der Waals surface area contributed by atoms with E-state index in [1.165, 1.54) is 36.5 Å². The van der Waals surface area contributed by atoms with Gasteiger partial charge < -0.3 is 9.47 Å². The first-order valence-electron chi connectivity index (χ1n) is 12.1. The van der Waals surface area contributed by atoms with Crippen LogP contribution in [-0.2, 0) is 4.74 Å². The minimum absolute atomic E-state index is 0.0403. The number of benzene rings is 2. The average Bonchev–Trinajstić information content (AvgIpc) is 2.83. The molecule has 1 saturated carbocycles. The Morgan fingerprint density at radius 1 is 0.906 bits per heavy atom. The van der Waals surface area contributed by atoms with Crippen LogP contribution in [0.1, 0.15) is 70.3 Å². The van der Waals surface area contributed by atoms with Crippen molar-refractivity contribution in [3.8, 4) is 16.9 Å². The largest absolute Gasteiger partial charge is 0.491 e. The normalized spacial score (nSPS) is 23.6. The Kier molecular flexibility index (Phi) is 7.62. The first-order valence-corrected chi connectivity index (χ1v) is 12.1. The van der Waals surface area contributed by atoms with Gasteiger partial charge in [-0.3, -0.25) is 0 Å². The van der Waals surface area contributed by atoms with Crippen LogP contribution in [0.2, 0.25) is 0 Å². The zero-order chi connectivity index (χ0) is 22.5.